The van der Waals surface area contributed by atoms with Gasteiger partial charge in [0.15, 0.2) is 0 Å². The van der Waals surface area contributed by atoms with Gasteiger partial charge in [-0.15, -0.1) is 0 Å². The van der Waals surface area contributed by atoms with E-state index in [-0.39, 0.29) is 37.7 Å². The Labute approximate surface area is 109 Å². The summed E-state index contributed by atoms with van der Waals surface area (Å²) in [4.78, 5) is 10.4. The molecule has 8 heteroatoms. The van der Waals surface area contributed by atoms with E-state index in [1.54, 1.807) is 0 Å². The molecule has 0 radical (unpaired) electrons. The molecule has 0 aliphatic carbocycles. The van der Waals surface area contributed by atoms with Gasteiger partial charge in [-0.2, -0.15) is 0 Å². The second-order valence-electron chi connectivity index (χ2n) is 3.41. The first-order valence-electron chi connectivity index (χ1n) is 5.27. The zero-order valence-electron chi connectivity index (χ0n) is 9.52. The van der Waals surface area contributed by atoms with E-state index in [1.165, 1.54) is 12.1 Å². The van der Waals surface area contributed by atoms with Crippen molar-refractivity contribution in [2.24, 2.45) is 0 Å². The summed E-state index contributed by atoms with van der Waals surface area (Å²) in [6.07, 6.45) is 0. The highest BCUT2D eigenvalue weighted by molar-refractivity contribution is 6.33. The molecular formula is C10H14ClN3O4. The smallest absolute Gasteiger partial charge is 0.294 e. The first kappa shape index (κ1) is 14.5. The van der Waals surface area contributed by atoms with Crippen molar-refractivity contribution in [3.05, 3.63) is 27.3 Å². The molecular weight excluding hydrogens is 262 g/mol. The Bertz CT molecular complexity index is 428. The van der Waals surface area contributed by atoms with Gasteiger partial charge >= 0.3 is 0 Å². The minimum absolute atomic E-state index is 0.103. The third-order valence-corrected chi connectivity index (χ3v) is 2.45. The molecule has 18 heavy (non-hydrogen) atoms. The molecule has 1 aromatic rings. The lowest BCUT2D eigenvalue weighted by atomic mass is 10.2. The lowest BCUT2D eigenvalue weighted by molar-refractivity contribution is -0.383. The maximum Gasteiger partial charge on any atom is 0.294 e. The highest BCUT2D eigenvalue weighted by Crippen LogP contribution is 2.34. The molecule has 0 unspecified atom stereocenters. The zero-order valence-corrected chi connectivity index (χ0v) is 10.3. The predicted octanol–water partition coefficient (Wildman–Crippen LogP) is 1.06. The number of hydrogen-bond acceptors (Lipinski definition) is 6. The number of rotatable bonds is 7. The Morgan fingerprint density at radius 3 is 2.22 bits per heavy atom. The Hall–Kier alpha value is -1.57. The van der Waals surface area contributed by atoms with Crippen molar-refractivity contribution in [1.82, 2.24) is 0 Å². The number of aliphatic hydroxyl groups is 2. The fraction of sp³-hybridized carbons (Fsp3) is 0.400. The minimum atomic E-state index is -0.542. The average molecular weight is 276 g/mol. The molecule has 1 aromatic carbocycles. The van der Waals surface area contributed by atoms with Gasteiger partial charge in [0, 0.05) is 19.2 Å². The number of aliphatic hydroxyl groups excluding tert-OH is 2. The van der Waals surface area contributed by atoms with Gasteiger partial charge in [-0.25, -0.2) is 0 Å². The Kier molecular flexibility index (Phi) is 5.63. The SMILES string of the molecule is O=[N+]([O-])c1cc(NCCO)c(Cl)cc1NCCO. The quantitative estimate of drug-likeness (QED) is 0.438. The third kappa shape index (κ3) is 3.73. The van der Waals surface area contributed by atoms with E-state index in [9.17, 15) is 10.1 Å². The number of halogens is 1. The van der Waals surface area contributed by atoms with Gasteiger partial charge in [0.1, 0.15) is 5.69 Å². The van der Waals surface area contributed by atoms with Crippen LogP contribution in [0.4, 0.5) is 17.1 Å². The number of benzene rings is 1. The van der Waals surface area contributed by atoms with Crippen LogP contribution < -0.4 is 10.6 Å². The van der Waals surface area contributed by atoms with E-state index in [4.69, 9.17) is 21.8 Å². The number of nitrogens with zero attached hydrogens (tertiary/aromatic N) is 1. The van der Waals surface area contributed by atoms with E-state index < -0.39 is 4.92 Å². The van der Waals surface area contributed by atoms with Gasteiger partial charge in [-0.3, -0.25) is 10.1 Å². The third-order valence-electron chi connectivity index (χ3n) is 2.14. The van der Waals surface area contributed by atoms with Crippen LogP contribution in [-0.4, -0.2) is 41.4 Å². The van der Waals surface area contributed by atoms with E-state index in [1.807, 2.05) is 0 Å². The summed E-state index contributed by atoms with van der Waals surface area (Å²) in [5, 5.41) is 34.1. The minimum Gasteiger partial charge on any atom is -0.395 e. The second-order valence-corrected chi connectivity index (χ2v) is 3.81. The molecule has 0 saturated carbocycles. The van der Waals surface area contributed by atoms with E-state index >= 15 is 0 Å². The molecule has 0 aliphatic heterocycles. The summed E-state index contributed by atoms with van der Waals surface area (Å²) in [7, 11) is 0. The monoisotopic (exact) mass is 275 g/mol. The lowest BCUT2D eigenvalue weighted by Gasteiger charge is -2.11. The fourth-order valence-corrected chi connectivity index (χ4v) is 1.60. The highest BCUT2D eigenvalue weighted by Gasteiger charge is 2.17. The van der Waals surface area contributed by atoms with Gasteiger partial charge in [0.05, 0.1) is 28.8 Å². The molecule has 0 aliphatic rings. The summed E-state index contributed by atoms with van der Waals surface area (Å²) in [6.45, 7) is 0.203. The van der Waals surface area contributed by atoms with Crippen molar-refractivity contribution in [3.63, 3.8) is 0 Å². The van der Waals surface area contributed by atoms with E-state index in [0.29, 0.717) is 10.7 Å². The molecule has 0 heterocycles. The molecule has 7 nitrogen and oxygen atoms in total. The summed E-state index contributed by atoms with van der Waals surface area (Å²) in [6, 6.07) is 2.70. The van der Waals surface area contributed by atoms with Gasteiger partial charge in [-0.05, 0) is 6.07 Å². The summed E-state index contributed by atoms with van der Waals surface area (Å²) < 4.78 is 0. The molecule has 0 atom stereocenters. The van der Waals surface area contributed by atoms with E-state index in [2.05, 4.69) is 10.6 Å². The summed E-state index contributed by atoms with van der Waals surface area (Å²) >= 11 is 5.95. The Morgan fingerprint density at radius 2 is 1.72 bits per heavy atom. The van der Waals surface area contributed by atoms with Crippen molar-refractivity contribution >= 4 is 28.7 Å². The van der Waals surface area contributed by atoms with Crippen LogP contribution in [0.1, 0.15) is 0 Å². The molecule has 0 amide bonds. The highest BCUT2D eigenvalue weighted by atomic mass is 35.5. The van der Waals surface area contributed by atoms with Crippen LogP contribution >= 0.6 is 11.6 Å². The lowest BCUT2D eigenvalue weighted by Crippen LogP contribution is -2.09. The normalized spacial score (nSPS) is 10.2. The van der Waals surface area contributed by atoms with Crippen molar-refractivity contribution in [2.45, 2.75) is 0 Å². The van der Waals surface area contributed by atoms with E-state index in [0.717, 1.165) is 0 Å². The molecule has 0 saturated heterocycles. The van der Waals surface area contributed by atoms with Gasteiger partial charge in [-0.1, -0.05) is 11.6 Å². The van der Waals surface area contributed by atoms with Crippen LogP contribution in [-0.2, 0) is 0 Å². The summed E-state index contributed by atoms with van der Waals surface area (Å²) in [5.41, 5.74) is 0.480. The maximum atomic E-state index is 10.9. The van der Waals surface area contributed by atoms with Crippen molar-refractivity contribution < 1.29 is 15.1 Å². The largest absolute Gasteiger partial charge is 0.395 e. The van der Waals surface area contributed by atoms with Crippen molar-refractivity contribution in [3.8, 4) is 0 Å². The van der Waals surface area contributed by atoms with Crippen LogP contribution in [0.25, 0.3) is 0 Å². The topological polar surface area (TPSA) is 108 Å². The van der Waals surface area contributed by atoms with Gasteiger partial charge < -0.3 is 20.8 Å². The second kappa shape index (κ2) is 7.00. The number of nitrogens with one attached hydrogen (secondary N) is 2. The van der Waals surface area contributed by atoms with Gasteiger partial charge in [0.2, 0.25) is 0 Å². The number of nitro groups is 1. The molecule has 1 rings (SSSR count). The van der Waals surface area contributed by atoms with Crippen LogP contribution in [0.5, 0.6) is 0 Å². The molecule has 0 aromatic heterocycles. The first-order valence-corrected chi connectivity index (χ1v) is 5.65. The number of anilines is 2. The Balaban J connectivity index is 3.04. The molecule has 0 fully saturated rings. The average Bonchev–Trinajstić information content (AvgIpc) is 2.34. The Morgan fingerprint density at radius 1 is 1.17 bits per heavy atom. The number of hydrogen-bond donors (Lipinski definition) is 4. The van der Waals surface area contributed by atoms with Crippen LogP contribution in [0, 0.1) is 10.1 Å². The standard InChI is InChI=1S/C10H14ClN3O4/c11-7-5-9(13-2-4-16)10(14(17)18)6-8(7)12-1-3-15/h5-6,12-13,15-16H,1-4H2. The predicted molar refractivity (Wildman–Crippen MR) is 69.3 cm³/mol. The molecule has 100 valence electrons. The maximum absolute atomic E-state index is 10.9. The van der Waals surface area contributed by atoms with Crippen LogP contribution in [0.2, 0.25) is 5.02 Å². The first-order chi connectivity index (χ1) is 8.60. The van der Waals surface area contributed by atoms with Crippen LogP contribution in [0.15, 0.2) is 12.1 Å². The zero-order chi connectivity index (χ0) is 13.5. The number of nitro benzene ring substituents is 1. The molecule has 4 N–H and O–H groups in total. The van der Waals surface area contributed by atoms with Crippen molar-refractivity contribution in [1.29, 1.82) is 0 Å². The molecule has 0 spiro atoms. The van der Waals surface area contributed by atoms with Gasteiger partial charge in [0.25, 0.3) is 5.69 Å². The van der Waals surface area contributed by atoms with Crippen molar-refractivity contribution in [2.75, 3.05) is 36.9 Å². The summed E-state index contributed by atoms with van der Waals surface area (Å²) in [5.74, 6) is 0. The molecule has 0 bridgehead atoms. The van der Waals surface area contributed by atoms with Crippen LogP contribution in [0.3, 0.4) is 0 Å². The fourth-order valence-electron chi connectivity index (χ4n) is 1.37.